The molecule has 4 fully saturated rings. The van der Waals surface area contributed by atoms with Gasteiger partial charge in [-0.25, -0.2) is 0 Å². The standard InChI is InChI=1S/C8H8/c1-3-4-8-5-6(8)7(5,8)2/h5-6H,1-2H3. The summed E-state index contributed by atoms with van der Waals surface area (Å²) in [6.45, 7) is 4.32. The van der Waals surface area contributed by atoms with Crippen LogP contribution in [0.25, 0.3) is 0 Å². The van der Waals surface area contributed by atoms with Crippen LogP contribution >= 0.6 is 0 Å². The SMILES string of the molecule is CC#CC12C3C1C32C. The second kappa shape index (κ2) is 0.530. The molecule has 0 aromatic carbocycles. The Kier molecular flexibility index (Phi) is 0.236. The highest BCUT2D eigenvalue weighted by Gasteiger charge is 3.17. The summed E-state index contributed by atoms with van der Waals surface area (Å²) in [5, 5.41) is 0. The highest BCUT2D eigenvalue weighted by Crippen LogP contribution is 3.17. The molecule has 0 heteroatoms. The molecule has 0 spiro atoms. The minimum atomic E-state index is 0.627. The molecule has 0 aliphatic heterocycles. The molecule has 0 bridgehead atoms. The van der Waals surface area contributed by atoms with Gasteiger partial charge in [-0.2, -0.15) is 0 Å². The maximum absolute atomic E-state index is 3.30. The summed E-state index contributed by atoms with van der Waals surface area (Å²) in [6.07, 6.45) is 0. The summed E-state index contributed by atoms with van der Waals surface area (Å²) in [6, 6.07) is 0. The summed E-state index contributed by atoms with van der Waals surface area (Å²) >= 11 is 0. The van der Waals surface area contributed by atoms with Crippen molar-refractivity contribution in [2.24, 2.45) is 22.7 Å². The molecular weight excluding hydrogens is 96.1 g/mol. The monoisotopic (exact) mass is 104 g/mol. The van der Waals surface area contributed by atoms with E-state index in [9.17, 15) is 0 Å². The Labute approximate surface area is 49.3 Å². The van der Waals surface area contributed by atoms with Crippen LogP contribution in [0.1, 0.15) is 13.8 Å². The lowest BCUT2D eigenvalue weighted by atomic mass is 10.3. The Morgan fingerprint density at radius 3 is 2.00 bits per heavy atom. The van der Waals surface area contributed by atoms with E-state index in [4.69, 9.17) is 0 Å². The van der Waals surface area contributed by atoms with Crippen molar-refractivity contribution in [1.29, 1.82) is 0 Å². The number of rotatable bonds is 0. The molecule has 4 aliphatic rings. The molecular formula is C8H8. The fourth-order valence-electron chi connectivity index (χ4n) is 2.52. The first-order valence-corrected chi connectivity index (χ1v) is 3.24. The molecule has 4 saturated carbocycles. The van der Waals surface area contributed by atoms with Crippen molar-refractivity contribution in [2.45, 2.75) is 13.8 Å². The first-order valence-electron chi connectivity index (χ1n) is 3.24. The van der Waals surface area contributed by atoms with Crippen molar-refractivity contribution in [3.63, 3.8) is 0 Å². The summed E-state index contributed by atoms with van der Waals surface area (Å²) in [7, 11) is 0. The second-order valence-corrected chi connectivity index (χ2v) is 3.48. The highest BCUT2D eigenvalue weighted by atomic mass is 15.2. The number of hydrogen-bond donors (Lipinski definition) is 0. The molecule has 8 heavy (non-hydrogen) atoms. The lowest BCUT2D eigenvalue weighted by Gasteiger charge is -1.69. The van der Waals surface area contributed by atoms with Gasteiger partial charge < -0.3 is 0 Å². The third-order valence-corrected chi connectivity index (χ3v) is 3.44. The molecule has 40 valence electrons. The topological polar surface area (TPSA) is 0 Å². The summed E-state index contributed by atoms with van der Waals surface area (Å²) in [5.41, 5.74) is 1.40. The van der Waals surface area contributed by atoms with Crippen LogP contribution in [0.2, 0.25) is 0 Å². The van der Waals surface area contributed by atoms with Crippen molar-refractivity contribution < 1.29 is 0 Å². The molecule has 0 aromatic rings. The van der Waals surface area contributed by atoms with Crippen LogP contribution in [-0.4, -0.2) is 0 Å². The van der Waals surface area contributed by atoms with Gasteiger partial charge >= 0.3 is 0 Å². The Morgan fingerprint density at radius 2 is 1.88 bits per heavy atom. The smallest absolute Gasteiger partial charge is 0.0449 e. The molecule has 0 heterocycles. The van der Waals surface area contributed by atoms with Gasteiger partial charge in [-0.1, -0.05) is 12.8 Å². The average molecular weight is 104 g/mol. The van der Waals surface area contributed by atoms with Crippen LogP contribution in [0, 0.1) is 34.5 Å². The normalized spacial score (nSPS) is 76.8. The van der Waals surface area contributed by atoms with E-state index in [2.05, 4.69) is 18.8 Å². The van der Waals surface area contributed by atoms with E-state index in [1.165, 1.54) is 0 Å². The maximum Gasteiger partial charge on any atom is 0.0449 e. The first kappa shape index (κ1) is 3.56. The van der Waals surface area contributed by atoms with Gasteiger partial charge in [-0.3, -0.25) is 0 Å². The first-order chi connectivity index (χ1) is 3.80. The van der Waals surface area contributed by atoms with E-state index in [1.54, 1.807) is 0 Å². The van der Waals surface area contributed by atoms with E-state index >= 15 is 0 Å². The fraction of sp³-hybridized carbons (Fsp3) is 0.750. The predicted molar refractivity (Wildman–Crippen MR) is 31.0 cm³/mol. The van der Waals surface area contributed by atoms with Gasteiger partial charge in [0.2, 0.25) is 0 Å². The predicted octanol–water partition coefficient (Wildman–Crippen LogP) is 1.28. The van der Waals surface area contributed by atoms with Crippen molar-refractivity contribution >= 4 is 0 Å². The zero-order valence-electron chi connectivity index (χ0n) is 5.15. The van der Waals surface area contributed by atoms with Gasteiger partial charge in [-0.05, 0) is 24.2 Å². The van der Waals surface area contributed by atoms with E-state index < -0.39 is 0 Å². The van der Waals surface area contributed by atoms with Gasteiger partial charge in [0.05, 0.1) is 0 Å². The van der Waals surface area contributed by atoms with Crippen molar-refractivity contribution in [2.75, 3.05) is 0 Å². The van der Waals surface area contributed by atoms with Crippen LogP contribution in [0.15, 0.2) is 0 Å². The van der Waals surface area contributed by atoms with Crippen molar-refractivity contribution in [1.82, 2.24) is 0 Å². The average Bonchev–Trinajstić information content (AvgIpc) is 2.54. The minimum Gasteiger partial charge on any atom is -0.106 e. The molecule has 2 atom stereocenters. The van der Waals surface area contributed by atoms with E-state index in [1.807, 2.05) is 6.92 Å². The summed E-state index contributed by atoms with van der Waals surface area (Å²) in [4.78, 5) is 0. The van der Waals surface area contributed by atoms with Crippen LogP contribution in [0.4, 0.5) is 0 Å². The zero-order chi connectivity index (χ0) is 5.57. The molecule has 0 aromatic heterocycles. The summed E-state index contributed by atoms with van der Waals surface area (Å²) in [5.74, 6) is 8.45. The third kappa shape index (κ3) is 0.109. The molecule has 4 rings (SSSR count). The van der Waals surface area contributed by atoms with Gasteiger partial charge in [0.15, 0.2) is 0 Å². The van der Waals surface area contributed by atoms with E-state index in [-0.39, 0.29) is 0 Å². The van der Waals surface area contributed by atoms with E-state index in [0.29, 0.717) is 5.41 Å². The Hall–Kier alpha value is -0.440. The zero-order valence-corrected chi connectivity index (χ0v) is 5.15. The molecule has 0 N–H and O–H groups in total. The van der Waals surface area contributed by atoms with Gasteiger partial charge in [0.25, 0.3) is 0 Å². The lowest BCUT2D eigenvalue weighted by Crippen LogP contribution is -1.66. The number of hydrogen-bond acceptors (Lipinski definition) is 0. The molecule has 4 aliphatic carbocycles. The van der Waals surface area contributed by atoms with Gasteiger partial charge in [-0.15, -0.1) is 5.92 Å². The van der Waals surface area contributed by atoms with Gasteiger partial charge in [0.1, 0.15) is 0 Å². The fourth-order valence-corrected chi connectivity index (χ4v) is 2.52. The maximum atomic E-state index is 3.30. The molecule has 0 radical (unpaired) electrons. The summed E-state index contributed by atoms with van der Waals surface area (Å²) < 4.78 is 0. The van der Waals surface area contributed by atoms with Crippen LogP contribution < -0.4 is 0 Å². The molecule has 0 saturated heterocycles. The third-order valence-electron chi connectivity index (χ3n) is 3.44. The molecule has 0 amide bonds. The largest absolute Gasteiger partial charge is 0.106 e. The van der Waals surface area contributed by atoms with Crippen molar-refractivity contribution in [3.8, 4) is 11.8 Å². The van der Waals surface area contributed by atoms with Crippen LogP contribution in [0.5, 0.6) is 0 Å². The Morgan fingerprint density at radius 1 is 1.38 bits per heavy atom. The van der Waals surface area contributed by atoms with Gasteiger partial charge in [0, 0.05) is 5.41 Å². The Balaban J connectivity index is 2.07. The minimum absolute atomic E-state index is 0.627. The highest BCUT2D eigenvalue weighted by molar-refractivity contribution is 5.69. The lowest BCUT2D eigenvalue weighted by molar-refractivity contribution is 0.904. The van der Waals surface area contributed by atoms with Crippen LogP contribution in [0.3, 0.4) is 0 Å². The van der Waals surface area contributed by atoms with Crippen molar-refractivity contribution in [3.05, 3.63) is 0 Å². The van der Waals surface area contributed by atoms with Crippen LogP contribution in [-0.2, 0) is 0 Å². The molecule has 0 nitrogen and oxygen atoms in total. The quantitative estimate of drug-likeness (QED) is 0.406. The molecule has 2 unspecified atom stereocenters. The Bertz CT molecular complexity index is 228. The van der Waals surface area contributed by atoms with E-state index in [0.717, 1.165) is 17.3 Å². The second-order valence-electron chi connectivity index (χ2n) is 3.48.